The van der Waals surface area contributed by atoms with E-state index < -0.39 is 0 Å². The number of nitrogens with zero attached hydrogens (tertiary/aromatic N) is 1. The number of nitrogens with one attached hydrogen (secondary N) is 1. The van der Waals surface area contributed by atoms with Crippen LogP contribution in [0.25, 0.3) is 0 Å². The van der Waals surface area contributed by atoms with Crippen LogP contribution in [0.2, 0.25) is 0 Å². The molecule has 1 heterocycles. The van der Waals surface area contributed by atoms with Gasteiger partial charge in [0.15, 0.2) is 0 Å². The van der Waals surface area contributed by atoms with E-state index in [0.717, 1.165) is 37.1 Å². The lowest BCUT2D eigenvalue weighted by Gasteiger charge is -2.27. The number of aryl methyl sites for hydroxylation is 1. The van der Waals surface area contributed by atoms with Crippen LogP contribution in [0.15, 0.2) is 18.3 Å². The van der Waals surface area contributed by atoms with Crippen LogP contribution in [-0.4, -0.2) is 17.0 Å². The number of amides is 1. The van der Waals surface area contributed by atoms with Gasteiger partial charge in [-0.3, -0.25) is 15.2 Å². The van der Waals surface area contributed by atoms with E-state index in [1.807, 2.05) is 19.1 Å². The van der Waals surface area contributed by atoms with Gasteiger partial charge in [0.05, 0.1) is 12.3 Å². The molecular weight excluding hydrogens is 230 g/mol. The summed E-state index contributed by atoms with van der Waals surface area (Å²) in [5.74, 6) is 5.90. The predicted octanol–water partition coefficient (Wildman–Crippen LogP) is 1.32. The second kappa shape index (κ2) is 5.82. The smallest absolute Gasteiger partial charge is 0.236 e. The third kappa shape index (κ3) is 3.20. The molecule has 18 heavy (non-hydrogen) atoms. The molecule has 3 N–H and O–H groups in total. The Morgan fingerprint density at radius 3 is 2.67 bits per heavy atom. The Kier molecular flexibility index (Phi) is 4.15. The number of carbonyl (C=O) groups is 1. The number of hydrazine groups is 1. The van der Waals surface area contributed by atoms with E-state index in [0.29, 0.717) is 0 Å². The summed E-state index contributed by atoms with van der Waals surface area (Å²) in [6.07, 6.45) is 5.34. The fourth-order valence-electron chi connectivity index (χ4n) is 2.28. The summed E-state index contributed by atoms with van der Waals surface area (Å²) in [6, 6.07) is 3.86. The zero-order valence-corrected chi connectivity index (χ0v) is 10.6. The van der Waals surface area contributed by atoms with Crippen molar-refractivity contribution in [3.05, 3.63) is 24.0 Å². The van der Waals surface area contributed by atoms with E-state index in [1.54, 1.807) is 6.20 Å². The van der Waals surface area contributed by atoms with Gasteiger partial charge in [0.1, 0.15) is 5.75 Å². The first kappa shape index (κ1) is 12.8. The maximum absolute atomic E-state index is 11.4. The van der Waals surface area contributed by atoms with Crippen LogP contribution in [0.1, 0.15) is 31.4 Å². The zero-order valence-electron chi connectivity index (χ0n) is 10.6. The van der Waals surface area contributed by atoms with Crippen molar-refractivity contribution in [1.29, 1.82) is 0 Å². The topological polar surface area (TPSA) is 77.2 Å². The minimum Gasteiger partial charge on any atom is -0.489 e. The lowest BCUT2D eigenvalue weighted by molar-refractivity contribution is -0.126. The van der Waals surface area contributed by atoms with E-state index in [4.69, 9.17) is 10.6 Å². The van der Waals surface area contributed by atoms with E-state index >= 15 is 0 Å². The zero-order chi connectivity index (χ0) is 13.0. The molecule has 1 aromatic rings. The molecule has 0 radical (unpaired) electrons. The van der Waals surface area contributed by atoms with E-state index in [2.05, 4.69) is 10.4 Å². The number of hydrogen-bond donors (Lipinski definition) is 2. The Hall–Kier alpha value is -1.62. The van der Waals surface area contributed by atoms with E-state index in [-0.39, 0.29) is 17.9 Å². The van der Waals surface area contributed by atoms with Crippen molar-refractivity contribution >= 4 is 5.91 Å². The SMILES string of the molecule is Cc1ccc(O[C@H]2CC[C@H](C(=O)NN)CC2)cn1. The van der Waals surface area contributed by atoms with Crippen molar-refractivity contribution in [3.8, 4) is 5.75 Å². The minimum absolute atomic E-state index is 0.0333. The maximum atomic E-state index is 11.4. The molecule has 1 saturated carbocycles. The molecule has 1 aliphatic rings. The Labute approximate surface area is 107 Å². The van der Waals surface area contributed by atoms with Gasteiger partial charge in [-0.05, 0) is 44.7 Å². The molecule has 5 nitrogen and oxygen atoms in total. The molecular formula is C13H19N3O2. The van der Waals surface area contributed by atoms with Gasteiger partial charge < -0.3 is 4.74 Å². The maximum Gasteiger partial charge on any atom is 0.236 e. The van der Waals surface area contributed by atoms with Gasteiger partial charge in [-0.15, -0.1) is 0 Å². The highest BCUT2D eigenvalue weighted by molar-refractivity contribution is 5.77. The van der Waals surface area contributed by atoms with Gasteiger partial charge >= 0.3 is 0 Å². The molecule has 5 heteroatoms. The van der Waals surface area contributed by atoms with Crippen LogP contribution in [0, 0.1) is 12.8 Å². The molecule has 1 aliphatic carbocycles. The Balaban J connectivity index is 1.83. The second-order valence-electron chi connectivity index (χ2n) is 4.74. The van der Waals surface area contributed by atoms with Crippen molar-refractivity contribution in [2.45, 2.75) is 38.7 Å². The summed E-state index contributed by atoms with van der Waals surface area (Å²) in [5.41, 5.74) is 3.19. The van der Waals surface area contributed by atoms with E-state index in [9.17, 15) is 4.79 Å². The average molecular weight is 249 g/mol. The Bertz CT molecular complexity index is 397. The fourth-order valence-corrected chi connectivity index (χ4v) is 2.28. The number of aromatic nitrogens is 1. The van der Waals surface area contributed by atoms with Gasteiger partial charge in [0.25, 0.3) is 0 Å². The number of pyridine rings is 1. The molecule has 1 amide bonds. The summed E-state index contributed by atoms with van der Waals surface area (Å²) in [4.78, 5) is 15.6. The van der Waals surface area contributed by atoms with Crippen LogP contribution >= 0.6 is 0 Å². The molecule has 0 aromatic carbocycles. The summed E-state index contributed by atoms with van der Waals surface area (Å²) < 4.78 is 5.85. The molecule has 0 unspecified atom stereocenters. The first-order chi connectivity index (χ1) is 8.69. The molecule has 0 bridgehead atoms. The van der Waals surface area contributed by atoms with Crippen LogP contribution in [-0.2, 0) is 4.79 Å². The van der Waals surface area contributed by atoms with Crippen molar-refractivity contribution in [3.63, 3.8) is 0 Å². The van der Waals surface area contributed by atoms with Gasteiger partial charge in [-0.2, -0.15) is 0 Å². The van der Waals surface area contributed by atoms with E-state index in [1.165, 1.54) is 0 Å². The predicted molar refractivity (Wildman–Crippen MR) is 67.7 cm³/mol. The standard InChI is InChI=1S/C13H19N3O2/c1-9-2-5-12(8-15-9)18-11-6-3-10(4-7-11)13(17)16-14/h2,5,8,10-11H,3-4,6-7,14H2,1H3,(H,16,17)/t10-,11-. The third-order valence-corrected chi connectivity index (χ3v) is 3.37. The second-order valence-corrected chi connectivity index (χ2v) is 4.74. The molecule has 0 saturated heterocycles. The van der Waals surface area contributed by atoms with Crippen LogP contribution in [0.3, 0.4) is 0 Å². The first-order valence-corrected chi connectivity index (χ1v) is 6.29. The van der Waals surface area contributed by atoms with Crippen LogP contribution in [0.4, 0.5) is 0 Å². The quantitative estimate of drug-likeness (QED) is 0.481. The highest BCUT2D eigenvalue weighted by Gasteiger charge is 2.26. The van der Waals surface area contributed by atoms with Gasteiger partial charge in [0.2, 0.25) is 5.91 Å². The summed E-state index contributed by atoms with van der Waals surface area (Å²) in [6.45, 7) is 1.94. The van der Waals surface area contributed by atoms with Gasteiger partial charge in [-0.25, -0.2) is 5.84 Å². The summed E-state index contributed by atoms with van der Waals surface area (Å²) in [7, 11) is 0. The van der Waals surface area contributed by atoms with Gasteiger partial charge in [0, 0.05) is 11.6 Å². The van der Waals surface area contributed by atoms with Crippen molar-refractivity contribution in [2.24, 2.45) is 11.8 Å². The number of hydrogen-bond acceptors (Lipinski definition) is 4. The Morgan fingerprint density at radius 1 is 1.39 bits per heavy atom. The molecule has 0 atom stereocenters. The van der Waals surface area contributed by atoms with Crippen molar-refractivity contribution in [2.75, 3.05) is 0 Å². The molecule has 98 valence electrons. The average Bonchev–Trinajstić information content (AvgIpc) is 2.41. The third-order valence-electron chi connectivity index (χ3n) is 3.37. The highest BCUT2D eigenvalue weighted by atomic mass is 16.5. The van der Waals surface area contributed by atoms with Gasteiger partial charge in [-0.1, -0.05) is 0 Å². The molecule has 2 rings (SSSR count). The number of carbonyl (C=O) groups excluding carboxylic acids is 1. The summed E-state index contributed by atoms with van der Waals surface area (Å²) >= 11 is 0. The number of rotatable bonds is 3. The fraction of sp³-hybridized carbons (Fsp3) is 0.538. The normalized spacial score (nSPS) is 23.4. The van der Waals surface area contributed by atoms with Crippen molar-refractivity contribution in [1.82, 2.24) is 10.4 Å². The lowest BCUT2D eigenvalue weighted by Crippen LogP contribution is -2.38. The minimum atomic E-state index is -0.0644. The molecule has 0 aliphatic heterocycles. The number of ether oxygens (including phenoxy) is 1. The first-order valence-electron chi connectivity index (χ1n) is 6.29. The lowest BCUT2D eigenvalue weighted by atomic mass is 9.87. The van der Waals surface area contributed by atoms with Crippen molar-refractivity contribution < 1.29 is 9.53 Å². The van der Waals surface area contributed by atoms with Crippen LogP contribution < -0.4 is 16.0 Å². The molecule has 1 aromatic heterocycles. The summed E-state index contributed by atoms with van der Waals surface area (Å²) in [5, 5.41) is 0. The highest BCUT2D eigenvalue weighted by Crippen LogP contribution is 2.27. The Morgan fingerprint density at radius 2 is 2.11 bits per heavy atom. The number of nitrogens with two attached hydrogens (primary N) is 1. The largest absolute Gasteiger partial charge is 0.489 e. The molecule has 1 fully saturated rings. The monoisotopic (exact) mass is 249 g/mol. The van der Waals surface area contributed by atoms with Crippen LogP contribution in [0.5, 0.6) is 5.75 Å². The molecule has 0 spiro atoms.